The molecule has 0 nitrogen and oxygen atoms in total. The molecule has 0 radical (unpaired) electrons. The van der Waals surface area contributed by atoms with Crippen molar-refractivity contribution in [2.45, 2.75) is 203 Å². The molecule has 0 bridgehead atoms. The van der Waals surface area contributed by atoms with Crippen LogP contribution in [0.3, 0.4) is 0 Å². The molecule has 0 unspecified atom stereocenters. The van der Waals surface area contributed by atoms with Gasteiger partial charge in [-0.05, 0) is 63.7 Å². The third kappa shape index (κ3) is 77.2. The van der Waals surface area contributed by atoms with E-state index in [1.54, 1.807) is 0 Å². The average Bonchev–Trinajstić information content (AvgIpc) is 3.04. The molecule has 0 fully saturated rings. The van der Waals surface area contributed by atoms with Crippen LogP contribution in [0, 0.1) is 5.92 Å². The van der Waals surface area contributed by atoms with Gasteiger partial charge < -0.3 is 0 Å². The Hall–Kier alpha value is -1.30. The van der Waals surface area contributed by atoms with E-state index in [1.807, 2.05) is 58.1 Å². The Bertz CT molecular complexity index is 407. The second-order valence-corrected chi connectivity index (χ2v) is 10.4. The first-order valence-electron chi connectivity index (χ1n) is 18.7. The molecule has 0 heterocycles. The van der Waals surface area contributed by atoms with Crippen LogP contribution in [0.1, 0.15) is 203 Å². The second kappa shape index (κ2) is 67.4. The van der Waals surface area contributed by atoms with Crippen molar-refractivity contribution in [3.63, 3.8) is 0 Å². The van der Waals surface area contributed by atoms with E-state index in [9.17, 15) is 0 Å². The van der Waals surface area contributed by atoms with E-state index in [1.165, 1.54) is 148 Å². The summed E-state index contributed by atoms with van der Waals surface area (Å²) in [5, 5.41) is 0. The van der Waals surface area contributed by atoms with E-state index in [-0.39, 0.29) is 0 Å². The van der Waals surface area contributed by atoms with Crippen LogP contribution in [0.4, 0.5) is 0 Å². The average molecular weight is 591 g/mol. The van der Waals surface area contributed by atoms with Crippen molar-refractivity contribution in [2.75, 3.05) is 0 Å². The molecule has 0 saturated carbocycles. The molecule has 0 aromatic rings. The quantitative estimate of drug-likeness (QED) is 0.0732. The summed E-state index contributed by atoms with van der Waals surface area (Å²) >= 11 is 0. The molecule has 0 aliphatic carbocycles. The van der Waals surface area contributed by atoms with Gasteiger partial charge in [0.2, 0.25) is 0 Å². The van der Waals surface area contributed by atoms with Gasteiger partial charge in [-0.15, -0.1) is 32.9 Å². The molecule has 254 valence electrons. The summed E-state index contributed by atoms with van der Waals surface area (Å²) < 4.78 is 0. The van der Waals surface area contributed by atoms with Gasteiger partial charge in [-0.1, -0.05) is 176 Å². The maximum absolute atomic E-state index is 3.74. The highest BCUT2D eigenvalue weighted by molar-refractivity contribution is 4.75. The third-order valence-corrected chi connectivity index (χ3v) is 6.72. The van der Waals surface area contributed by atoms with Crippen LogP contribution in [-0.2, 0) is 0 Å². The Labute approximate surface area is 271 Å². The lowest BCUT2D eigenvalue weighted by Gasteiger charge is -2.01. The van der Waals surface area contributed by atoms with Gasteiger partial charge in [-0.2, -0.15) is 0 Å². The minimum atomic E-state index is 0.750. The molecule has 0 atom stereocenters. The van der Waals surface area contributed by atoms with Crippen LogP contribution in [-0.4, -0.2) is 0 Å². The number of hydrogen-bond donors (Lipinski definition) is 0. The van der Waals surface area contributed by atoms with Crippen LogP contribution in [0.25, 0.3) is 0 Å². The minimum absolute atomic E-state index is 0.750. The highest BCUT2D eigenvalue weighted by atomic mass is 14.0. The van der Waals surface area contributed by atoms with Gasteiger partial charge in [0.15, 0.2) is 0 Å². The molecule has 0 heteroatoms. The molecule has 0 aliphatic heterocycles. The van der Waals surface area contributed by atoms with Crippen molar-refractivity contribution >= 4 is 0 Å². The van der Waals surface area contributed by atoms with E-state index >= 15 is 0 Å². The van der Waals surface area contributed by atoms with Crippen molar-refractivity contribution in [1.29, 1.82) is 0 Å². The number of unbranched alkanes of at least 4 members (excludes halogenated alkanes) is 18. The van der Waals surface area contributed by atoms with Gasteiger partial charge in [0.05, 0.1) is 0 Å². The van der Waals surface area contributed by atoms with E-state index in [4.69, 9.17) is 0 Å². The molecule has 0 aromatic carbocycles. The number of hydrogen-bond acceptors (Lipinski definition) is 0. The summed E-state index contributed by atoms with van der Waals surface area (Å²) in [4.78, 5) is 0. The maximum atomic E-state index is 3.74. The first-order valence-corrected chi connectivity index (χ1v) is 18.7. The minimum Gasteiger partial charge on any atom is -0.103 e. The molecule has 0 rings (SSSR count). The van der Waals surface area contributed by atoms with Gasteiger partial charge in [-0.3, -0.25) is 0 Å². The largest absolute Gasteiger partial charge is 0.103 e. The summed E-state index contributed by atoms with van der Waals surface area (Å²) in [6.07, 6.45) is 40.8. The van der Waals surface area contributed by atoms with Crippen molar-refractivity contribution in [1.82, 2.24) is 0 Å². The highest BCUT2D eigenvalue weighted by Crippen LogP contribution is 2.12. The predicted molar refractivity (Wildman–Crippen MR) is 206 cm³/mol. The fourth-order valence-electron chi connectivity index (χ4n) is 3.85. The Morgan fingerprint density at radius 1 is 0.357 bits per heavy atom. The molecular formula is C42H86. The Kier molecular flexibility index (Phi) is 85.5. The lowest BCUT2D eigenvalue weighted by atomic mass is 10.0. The third-order valence-electron chi connectivity index (χ3n) is 6.72. The van der Waals surface area contributed by atoms with Crippen LogP contribution >= 0.6 is 0 Å². The summed E-state index contributed by atoms with van der Waals surface area (Å²) in [5.74, 6) is 0.750. The SMILES string of the molecule is C=CC(CC)CC.C=CCCCC.C=CCCCCCCC.C=CCCCCCCCCCCCCC=C.CC.CC. The molecule has 0 spiro atoms. The number of allylic oxidation sites excluding steroid dienone is 5. The topological polar surface area (TPSA) is 0 Å². The van der Waals surface area contributed by atoms with Crippen molar-refractivity contribution < 1.29 is 0 Å². The monoisotopic (exact) mass is 591 g/mol. The zero-order valence-electron chi connectivity index (χ0n) is 31.3. The highest BCUT2D eigenvalue weighted by Gasteiger charge is 1.93. The van der Waals surface area contributed by atoms with Crippen LogP contribution in [0.15, 0.2) is 63.3 Å². The summed E-state index contributed by atoms with van der Waals surface area (Å²) in [5.41, 5.74) is 0. The van der Waals surface area contributed by atoms with E-state index in [2.05, 4.69) is 60.6 Å². The normalized spacial score (nSPS) is 8.98. The first-order chi connectivity index (χ1) is 20.6. The standard InChI is InChI=1S/C16H30.C9H18.C7H14.C6H12.2C2H6/c1-3-5-7-9-11-13-15-16-14-12-10-8-6-4-2;1-3-5-7-9-8-6-4-2;1-4-7(5-2)6-3;1-3-5-6-4-2;2*1-2/h3-4H,1-2,5-16H2;3H,1,4-9H2,2H3;4,7H,1,5-6H2,2-3H3;3H,1,4-6H2,2H3;2*1-2H3. The molecule has 0 saturated heterocycles. The zero-order valence-corrected chi connectivity index (χ0v) is 31.3. The van der Waals surface area contributed by atoms with Crippen LogP contribution in [0.5, 0.6) is 0 Å². The van der Waals surface area contributed by atoms with E-state index in [0.717, 1.165) is 5.92 Å². The van der Waals surface area contributed by atoms with Gasteiger partial charge >= 0.3 is 0 Å². The maximum Gasteiger partial charge on any atom is -0.0241 e. The Morgan fingerprint density at radius 2 is 0.595 bits per heavy atom. The van der Waals surface area contributed by atoms with E-state index < -0.39 is 0 Å². The van der Waals surface area contributed by atoms with E-state index in [0.29, 0.717) is 0 Å². The van der Waals surface area contributed by atoms with Crippen LogP contribution in [0.2, 0.25) is 0 Å². The Morgan fingerprint density at radius 3 is 0.762 bits per heavy atom. The molecular weight excluding hydrogens is 504 g/mol. The fourth-order valence-corrected chi connectivity index (χ4v) is 3.85. The molecule has 0 aliphatic rings. The number of rotatable bonds is 25. The fraction of sp³-hybridized carbons (Fsp3) is 0.762. The summed E-state index contributed by atoms with van der Waals surface area (Å²) in [7, 11) is 0. The molecule has 0 N–H and O–H groups in total. The second-order valence-electron chi connectivity index (χ2n) is 10.4. The van der Waals surface area contributed by atoms with Gasteiger partial charge in [0.25, 0.3) is 0 Å². The van der Waals surface area contributed by atoms with Crippen molar-refractivity contribution in [3.8, 4) is 0 Å². The van der Waals surface area contributed by atoms with Crippen LogP contribution < -0.4 is 0 Å². The molecule has 42 heavy (non-hydrogen) atoms. The van der Waals surface area contributed by atoms with Crippen molar-refractivity contribution in [2.24, 2.45) is 5.92 Å². The molecule has 0 aromatic heterocycles. The zero-order chi connectivity index (χ0) is 33.4. The van der Waals surface area contributed by atoms with Crippen molar-refractivity contribution in [3.05, 3.63) is 63.3 Å². The lowest BCUT2D eigenvalue weighted by Crippen LogP contribution is -1.87. The van der Waals surface area contributed by atoms with Gasteiger partial charge in [-0.25, -0.2) is 0 Å². The molecule has 0 amide bonds. The first kappa shape index (κ1) is 53.3. The smallest absolute Gasteiger partial charge is 0.0241 e. The van der Waals surface area contributed by atoms with Gasteiger partial charge in [0.1, 0.15) is 0 Å². The Balaban J connectivity index is -0.000000106. The lowest BCUT2D eigenvalue weighted by molar-refractivity contribution is 0.553. The summed E-state index contributed by atoms with van der Waals surface area (Å²) in [6.45, 7) is 35.3. The van der Waals surface area contributed by atoms with Gasteiger partial charge in [0, 0.05) is 0 Å². The predicted octanol–water partition coefficient (Wildman–Crippen LogP) is 16.6. The summed E-state index contributed by atoms with van der Waals surface area (Å²) in [6, 6.07) is 0.